The molecule has 1 saturated heterocycles. The lowest BCUT2D eigenvalue weighted by molar-refractivity contribution is 0.472. The fraction of sp³-hybridized carbons (Fsp3) is 0.500. The van der Waals surface area contributed by atoms with Gasteiger partial charge in [0.25, 0.3) is 0 Å². The fourth-order valence-electron chi connectivity index (χ4n) is 1.50. The third kappa shape index (κ3) is 1.80. The van der Waals surface area contributed by atoms with Crippen molar-refractivity contribution in [3.05, 3.63) is 18.5 Å². The lowest BCUT2D eigenvalue weighted by Gasteiger charge is -2.30. The van der Waals surface area contributed by atoms with Crippen molar-refractivity contribution in [3.8, 4) is 0 Å². The third-order valence-corrected chi connectivity index (χ3v) is 2.42. The van der Waals surface area contributed by atoms with E-state index in [4.69, 9.17) is 0 Å². The van der Waals surface area contributed by atoms with Gasteiger partial charge in [-0.25, -0.2) is 0 Å². The minimum Gasteiger partial charge on any atom is -0.377 e. The SMILES string of the molecule is CN(C)c1ccncc1NC1CNC1. The van der Waals surface area contributed by atoms with Crippen molar-refractivity contribution in [3.63, 3.8) is 0 Å². The van der Waals surface area contributed by atoms with Crippen LogP contribution in [0.25, 0.3) is 0 Å². The second-order valence-corrected chi connectivity index (χ2v) is 3.79. The summed E-state index contributed by atoms with van der Waals surface area (Å²) in [6.45, 7) is 2.09. The second kappa shape index (κ2) is 3.84. The van der Waals surface area contributed by atoms with Crippen LogP contribution in [0, 0.1) is 0 Å². The zero-order chi connectivity index (χ0) is 9.97. The van der Waals surface area contributed by atoms with Crippen molar-refractivity contribution in [1.82, 2.24) is 10.3 Å². The standard InChI is InChI=1S/C10H16N4/c1-14(2)10-3-4-11-7-9(10)13-8-5-12-6-8/h3-4,7-8,12-13H,5-6H2,1-2H3. The van der Waals surface area contributed by atoms with Crippen LogP contribution in [0.3, 0.4) is 0 Å². The van der Waals surface area contributed by atoms with Gasteiger partial charge in [-0.3, -0.25) is 4.98 Å². The van der Waals surface area contributed by atoms with Crippen LogP contribution in [0.5, 0.6) is 0 Å². The van der Waals surface area contributed by atoms with Crippen molar-refractivity contribution in [2.75, 3.05) is 37.4 Å². The maximum Gasteiger partial charge on any atom is 0.0767 e. The molecule has 0 saturated carbocycles. The van der Waals surface area contributed by atoms with Crippen molar-refractivity contribution < 1.29 is 0 Å². The Balaban J connectivity index is 2.13. The molecule has 76 valence electrons. The first kappa shape index (κ1) is 9.27. The van der Waals surface area contributed by atoms with E-state index in [0.29, 0.717) is 6.04 Å². The van der Waals surface area contributed by atoms with E-state index in [2.05, 4.69) is 20.5 Å². The summed E-state index contributed by atoms with van der Waals surface area (Å²) in [5.74, 6) is 0. The molecule has 0 bridgehead atoms. The number of pyridine rings is 1. The number of hydrogen-bond donors (Lipinski definition) is 2. The highest BCUT2D eigenvalue weighted by molar-refractivity contribution is 5.68. The minimum absolute atomic E-state index is 0.554. The molecular weight excluding hydrogens is 176 g/mol. The highest BCUT2D eigenvalue weighted by Gasteiger charge is 2.17. The molecular formula is C10H16N4. The van der Waals surface area contributed by atoms with Crippen molar-refractivity contribution in [2.45, 2.75) is 6.04 Å². The predicted octanol–water partition coefficient (Wildman–Crippen LogP) is 0.531. The first-order chi connectivity index (χ1) is 6.77. The zero-order valence-corrected chi connectivity index (χ0v) is 8.62. The molecule has 0 amide bonds. The molecule has 1 fully saturated rings. The summed E-state index contributed by atoms with van der Waals surface area (Å²) in [5.41, 5.74) is 2.30. The van der Waals surface area contributed by atoms with E-state index in [9.17, 15) is 0 Å². The highest BCUT2D eigenvalue weighted by atomic mass is 15.1. The Bertz CT molecular complexity index is 307. The van der Waals surface area contributed by atoms with Crippen molar-refractivity contribution in [2.24, 2.45) is 0 Å². The first-order valence-corrected chi connectivity index (χ1v) is 4.86. The molecule has 0 aliphatic carbocycles. The van der Waals surface area contributed by atoms with Crippen LogP contribution in [0.15, 0.2) is 18.5 Å². The molecule has 14 heavy (non-hydrogen) atoms. The van der Waals surface area contributed by atoms with Gasteiger partial charge in [0.05, 0.1) is 23.6 Å². The molecule has 1 aliphatic rings. The molecule has 2 N–H and O–H groups in total. The smallest absolute Gasteiger partial charge is 0.0767 e. The largest absolute Gasteiger partial charge is 0.377 e. The van der Waals surface area contributed by atoms with E-state index < -0.39 is 0 Å². The van der Waals surface area contributed by atoms with Crippen LogP contribution in [0.2, 0.25) is 0 Å². The summed E-state index contributed by atoms with van der Waals surface area (Å²) in [6.07, 6.45) is 3.70. The monoisotopic (exact) mass is 192 g/mol. The van der Waals surface area contributed by atoms with Gasteiger partial charge in [-0.05, 0) is 6.07 Å². The minimum atomic E-state index is 0.554. The Morgan fingerprint density at radius 1 is 1.50 bits per heavy atom. The summed E-state index contributed by atoms with van der Waals surface area (Å²) < 4.78 is 0. The van der Waals surface area contributed by atoms with Crippen LogP contribution in [0.4, 0.5) is 11.4 Å². The average molecular weight is 192 g/mol. The lowest BCUT2D eigenvalue weighted by Crippen LogP contribution is -2.51. The molecule has 1 aromatic rings. The summed E-state index contributed by atoms with van der Waals surface area (Å²) >= 11 is 0. The van der Waals surface area contributed by atoms with Gasteiger partial charge in [0, 0.05) is 33.4 Å². The number of anilines is 2. The average Bonchev–Trinajstić information content (AvgIpc) is 2.12. The maximum absolute atomic E-state index is 4.13. The van der Waals surface area contributed by atoms with E-state index in [-0.39, 0.29) is 0 Å². The first-order valence-electron chi connectivity index (χ1n) is 4.86. The quantitative estimate of drug-likeness (QED) is 0.733. The van der Waals surface area contributed by atoms with Crippen LogP contribution in [0.1, 0.15) is 0 Å². The number of aromatic nitrogens is 1. The molecule has 0 aromatic carbocycles. The molecule has 0 radical (unpaired) electrons. The Kier molecular flexibility index (Phi) is 2.54. The van der Waals surface area contributed by atoms with E-state index in [1.165, 1.54) is 5.69 Å². The number of nitrogens with one attached hydrogen (secondary N) is 2. The highest BCUT2D eigenvalue weighted by Crippen LogP contribution is 2.23. The van der Waals surface area contributed by atoms with E-state index in [1.54, 1.807) is 0 Å². The molecule has 4 nitrogen and oxygen atoms in total. The van der Waals surface area contributed by atoms with Gasteiger partial charge >= 0.3 is 0 Å². The summed E-state index contributed by atoms with van der Waals surface area (Å²) in [6, 6.07) is 2.58. The number of nitrogens with zero attached hydrogens (tertiary/aromatic N) is 2. The summed E-state index contributed by atoms with van der Waals surface area (Å²) in [7, 11) is 4.08. The van der Waals surface area contributed by atoms with Gasteiger partial charge in [-0.1, -0.05) is 0 Å². The predicted molar refractivity (Wildman–Crippen MR) is 58.8 cm³/mol. The Hall–Kier alpha value is -1.29. The molecule has 0 spiro atoms. The molecule has 2 heterocycles. The van der Waals surface area contributed by atoms with Gasteiger partial charge in [-0.15, -0.1) is 0 Å². The molecule has 4 heteroatoms. The van der Waals surface area contributed by atoms with Crippen LogP contribution >= 0.6 is 0 Å². The second-order valence-electron chi connectivity index (χ2n) is 3.79. The molecule has 0 atom stereocenters. The topological polar surface area (TPSA) is 40.2 Å². The molecule has 1 aliphatic heterocycles. The normalized spacial score (nSPS) is 16.1. The number of rotatable bonds is 3. The molecule has 2 rings (SSSR count). The lowest BCUT2D eigenvalue weighted by atomic mass is 10.1. The van der Waals surface area contributed by atoms with Gasteiger partial charge < -0.3 is 15.5 Å². The maximum atomic E-state index is 4.13. The number of hydrogen-bond acceptors (Lipinski definition) is 4. The van der Waals surface area contributed by atoms with E-state index in [0.717, 1.165) is 18.8 Å². The zero-order valence-electron chi connectivity index (χ0n) is 8.62. The Morgan fingerprint density at radius 3 is 2.86 bits per heavy atom. The Labute approximate surface area is 84.3 Å². The van der Waals surface area contributed by atoms with Crippen LogP contribution in [-0.2, 0) is 0 Å². The Morgan fingerprint density at radius 2 is 2.29 bits per heavy atom. The van der Waals surface area contributed by atoms with Gasteiger partial charge in [-0.2, -0.15) is 0 Å². The summed E-state index contributed by atoms with van der Waals surface area (Å²) in [5, 5.41) is 6.70. The van der Waals surface area contributed by atoms with Gasteiger partial charge in [0.1, 0.15) is 0 Å². The summed E-state index contributed by atoms with van der Waals surface area (Å²) in [4.78, 5) is 6.22. The van der Waals surface area contributed by atoms with Crippen LogP contribution in [-0.4, -0.2) is 38.2 Å². The molecule has 0 unspecified atom stereocenters. The third-order valence-electron chi connectivity index (χ3n) is 2.42. The van der Waals surface area contributed by atoms with Gasteiger partial charge in [0.2, 0.25) is 0 Å². The van der Waals surface area contributed by atoms with Crippen molar-refractivity contribution in [1.29, 1.82) is 0 Å². The van der Waals surface area contributed by atoms with E-state index >= 15 is 0 Å². The molecule has 1 aromatic heterocycles. The van der Waals surface area contributed by atoms with E-state index in [1.807, 2.05) is 32.6 Å². The van der Waals surface area contributed by atoms with Gasteiger partial charge in [0.15, 0.2) is 0 Å². The van der Waals surface area contributed by atoms with Crippen molar-refractivity contribution >= 4 is 11.4 Å². The fourth-order valence-corrected chi connectivity index (χ4v) is 1.50. The van der Waals surface area contributed by atoms with Crippen LogP contribution < -0.4 is 15.5 Å².